The molecular weight excluding hydrogens is 621 g/mol. The van der Waals surface area contributed by atoms with E-state index in [1.54, 1.807) is 12.1 Å². The molecule has 0 spiro atoms. The summed E-state index contributed by atoms with van der Waals surface area (Å²) in [4.78, 5) is 16.9. The number of carbonyl (C=O) groups is 1. The zero-order chi connectivity index (χ0) is 25.9. The number of benzene rings is 3. The van der Waals surface area contributed by atoms with Crippen molar-refractivity contribution in [3.05, 3.63) is 98.8 Å². The van der Waals surface area contributed by atoms with E-state index in [9.17, 15) is 4.79 Å². The molecule has 3 aromatic carbocycles. The van der Waals surface area contributed by atoms with E-state index in [1.165, 1.54) is 6.08 Å². The van der Waals surface area contributed by atoms with E-state index in [2.05, 4.69) is 38.2 Å². The van der Waals surface area contributed by atoms with Gasteiger partial charge in [-0.15, -0.1) is 0 Å². The average molecular weight is 640 g/mol. The third kappa shape index (κ3) is 6.10. The molecule has 1 amide bonds. The zero-order valence-corrected chi connectivity index (χ0v) is 23.1. The van der Waals surface area contributed by atoms with Crippen molar-refractivity contribution in [2.45, 2.75) is 6.92 Å². The van der Waals surface area contributed by atoms with Crippen LogP contribution in [0.15, 0.2) is 87.7 Å². The maximum Gasteiger partial charge on any atom is 0.250 e. The van der Waals surface area contributed by atoms with Crippen LogP contribution >= 0.6 is 46.4 Å². The van der Waals surface area contributed by atoms with Crippen molar-refractivity contribution in [3.8, 4) is 22.8 Å². The molecule has 2 aromatic heterocycles. The lowest BCUT2D eigenvalue weighted by Gasteiger charge is -2.07. The highest BCUT2D eigenvalue weighted by Gasteiger charge is 2.11. The number of aromatic nitrogens is 1. The number of hydrogen-bond donors (Lipinski definition) is 2. The van der Waals surface area contributed by atoms with Gasteiger partial charge in [-0.25, -0.2) is 4.98 Å². The minimum atomic E-state index is -0.391. The fraction of sp³-hybridized carbons (Fsp3) is 0.0357. The normalized spacial score (nSPS) is 11.2. The van der Waals surface area contributed by atoms with Crippen molar-refractivity contribution in [1.29, 1.82) is 0 Å². The largest absolute Gasteiger partial charge is 0.457 e. The van der Waals surface area contributed by atoms with E-state index in [0.717, 1.165) is 20.3 Å². The molecule has 6 nitrogen and oxygen atoms in total. The van der Waals surface area contributed by atoms with Crippen LogP contribution in [0.4, 0.5) is 5.69 Å². The molecule has 0 aliphatic carbocycles. The molecule has 0 saturated carbocycles. The quantitative estimate of drug-likeness (QED) is 0.116. The molecule has 0 atom stereocenters. The molecule has 0 aliphatic rings. The number of furan rings is 1. The van der Waals surface area contributed by atoms with Crippen molar-refractivity contribution in [2.75, 3.05) is 5.32 Å². The molecule has 0 bridgehead atoms. The van der Waals surface area contributed by atoms with Crippen molar-refractivity contribution < 1.29 is 13.6 Å². The SMILES string of the molecule is Cc1ccc(-c2ccc(/C=C/C(=O)NC(=S)Nc3ccc4oc(-c5cccc(I)c5)nc4c3)o2)cc1Cl. The first-order valence-corrected chi connectivity index (χ1v) is 13.0. The van der Waals surface area contributed by atoms with Gasteiger partial charge in [0.1, 0.15) is 17.0 Å². The third-order valence-electron chi connectivity index (χ3n) is 5.44. The van der Waals surface area contributed by atoms with Crippen molar-refractivity contribution >= 4 is 80.3 Å². The van der Waals surface area contributed by atoms with E-state index in [4.69, 9.17) is 32.7 Å². The van der Waals surface area contributed by atoms with Crippen LogP contribution in [0.5, 0.6) is 0 Å². The highest BCUT2D eigenvalue weighted by atomic mass is 127. The number of rotatable bonds is 5. The number of carbonyl (C=O) groups excluding carboxylic acids is 1. The molecule has 0 aliphatic heterocycles. The van der Waals surface area contributed by atoms with Crippen molar-refractivity contribution in [3.63, 3.8) is 0 Å². The van der Waals surface area contributed by atoms with Crippen LogP contribution in [0.25, 0.3) is 40.0 Å². The van der Waals surface area contributed by atoms with Gasteiger partial charge >= 0.3 is 0 Å². The second-order valence-electron chi connectivity index (χ2n) is 8.15. The van der Waals surface area contributed by atoms with Gasteiger partial charge in [-0.05, 0) is 108 Å². The summed E-state index contributed by atoms with van der Waals surface area (Å²) < 4.78 is 12.8. The summed E-state index contributed by atoms with van der Waals surface area (Å²) in [6, 6.07) is 22.7. The van der Waals surface area contributed by atoms with Gasteiger partial charge in [-0.2, -0.15) is 0 Å². The lowest BCUT2D eigenvalue weighted by Crippen LogP contribution is -2.32. The topological polar surface area (TPSA) is 80.3 Å². The molecule has 184 valence electrons. The lowest BCUT2D eigenvalue weighted by molar-refractivity contribution is -0.115. The van der Waals surface area contributed by atoms with Crippen LogP contribution in [0.1, 0.15) is 11.3 Å². The summed E-state index contributed by atoms with van der Waals surface area (Å²) in [5, 5.41) is 6.45. The molecule has 0 radical (unpaired) electrons. The maximum absolute atomic E-state index is 12.4. The van der Waals surface area contributed by atoms with E-state index in [0.29, 0.717) is 39.2 Å². The van der Waals surface area contributed by atoms with E-state index >= 15 is 0 Å². The number of aryl methyl sites for hydroxylation is 1. The fourth-order valence-electron chi connectivity index (χ4n) is 3.57. The zero-order valence-electron chi connectivity index (χ0n) is 19.4. The van der Waals surface area contributed by atoms with Crippen LogP contribution in [0, 0.1) is 10.5 Å². The molecule has 0 unspecified atom stereocenters. The summed E-state index contributed by atoms with van der Waals surface area (Å²) in [5.41, 5.74) is 4.76. The Bertz CT molecular complexity index is 1670. The van der Waals surface area contributed by atoms with Crippen molar-refractivity contribution in [1.82, 2.24) is 10.3 Å². The van der Waals surface area contributed by atoms with Crippen LogP contribution in [-0.2, 0) is 4.79 Å². The van der Waals surface area contributed by atoms with E-state index in [-0.39, 0.29) is 5.11 Å². The molecule has 0 fully saturated rings. The average Bonchev–Trinajstić information content (AvgIpc) is 3.51. The maximum atomic E-state index is 12.4. The Morgan fingerprint density at radius 1 is 1.03 bits per heavy atom. The molecule has 0 saturated heterocycles. The number of nitrogens with one attached hydrogen (secondary N) is 2. The Morgan fingerprint density at radius 3 is 2.70 bits per heavy atom. The Labute approximate surface area is 236 Å². The Morgan fingerprint density at radius 2 is 1.89 bits per heavy atom. The van der Waals surface area contributed by atoms with Gasteiger partial charge in [-0.1, -0.05) is 29.8 Å². The number of nitrogens with zero attached hydrogens (tertiary/aromatic N) is 1. The number of thiocarbonyl (C=S) groups is 1. The highest BCUT2D eigenvalue weighted by Crippen LogP contribution is 2.28. The molecular formula is C28H19ClIN3O3S. The standard InChI is InChI=1S/C28H19ClIN3O3S/c1-16-5-6-17(14-22(16)29)24-11-8-21(35-24)9-12-26(34)33-28(37)31-20-7-10-25-23(15-20)32-27(36-25)18-3-2-4-19(30)13-18/h2-15H,1H3,(H2,31,33,34,37)/b12-9+. The molecule has 37 heavy (non-hydrogen) atoms. The number of amides is 1. The summed E-state index contributed by atoms with van der Waals surface area (Å²) in [6.07, 6.45) is 2.93. The number of hydrogen-bond acceptors (Lipinski definition) is 5. The predicted octanol–water partition coefficient (Wildman–Crippen LogP) is 7.85. The summed E-state index contributed by atoms with van der Waals surface area (Å²) in [6.45, 7) is 1.94. The van der Waals surface area contributed by atoms with Gasteiger partial charge in [0.05, 0.1) is 0 Å². The Kier molecular flexibility index (Phi) is 7.40. The van der Waals surface area contributed by atoms with Crippen LogP contribution in [-0.4, -0.2) is 16.0 Å². The fourth-order valence-corrected chi connectivity index (χ4v) is 4.51. The predicted molar refractivity (Wildman–Crippen MR) is 159 cm³/mol. The van der Waals surface area contributed by atoms with Gasteiger partial charge in [0, 0.05) is 31.5 Å². The molecule has 5 aromatic rings. The van der Waals surface area contributed by atoms with Crippen LogP contribution in [0.2, 0.25) is 5.02 Å². The second kappa shape index (κ2) is 10.9. The summed E-state index contributed by atoms with van der Waals surface area (Å²) in [5.74, 6) is 1.34. The minimum Gasteiger partial charge on any atom is -0.457 e. The Balaban J connectivity index is 1.20. The summed E-state index contributed by atoms with van der Waals surface area (Å²) >= 11 is 13.8. The van der Waals surface area contributed by atoms with Gasteiger partial charge in [-0.3, -0.25) is 10.1 Å². The van der Waals surface area contributed by atoms with Crippen LogP contribution in [0.3, 0.4) is 0 Å². The second-order valence-corrected chi connectivity index (χ2v) is 10.2. The van der Waals surface area contributed by atoms with Gasteiger partial charge in [0.15, 0.2) is 10.7 Å². The van der Waals surface area contributed by atoms with Gasteiger partial charge in [0.25, 0.3) is 0 Å². The number of fused-ring (bicyclic) bond motifs is 1. The smallest absolute Gasteiger partial charge is 0.250 e. The third-order valence-corrected chi connectivity index (χ3v) is 6.72. The first-order valence-electron chi connectivity index (χ1n) is 11.2. The first kappa shape index (κ1) is 25.2. The number of anilines is 1. The van der Waals surface area contributed by atoms with Gasteiger partial charge in [0.2, 0.25) is 11.8 Å². The molecule has 2 heterocycles. The Hall–Kier alpha value is -3.47. The van der Waals surface area contributed by atoms with Gasteiger partial charge < -0.3 is 14.2 Å². The lowest BCUT2D eigenvalue weighted by atomic mass is 10.1. The minimum absolute atomic E-state index is 0.157. The first-order chi connectivity index (χ1) is 17.8. The van der Waals surface area contributed by atoms with Crippen molar-refractivity contribution in [2.24, 2.45) is 0 Å². The van der Waals surface area contributed by atoms with E-state index in [1.807, 2.05) is 73.7 Å². The molecule has 2 N–H and O–H groups in total. The highest BCUT2D eigenvalue weighted by molar-refractivity contribution is 14.1. The van der Waals surface area contributed by atoms with E-state index < -0.39 is 5.91 Å². The molecule has 5 rings (SSSR count). The summed E-state index contributed by atoms with van der Waals surface area (Å²) in [7, 11) is 0. The monoisotopic (exact) mass is 639 g/mol. The number of oxazole rings is 1. The number of halogens is 2. The van der Waals surface area contributed by atoms with Crippen LogP contribution < -0.4 is 10.6 Å². The molecule has 9 heteroatoms.